The second kappa shape index (κ2) is 7.33. The van der Waals surface area contributed by atoms with Gasteiger partial charge in [-0.25, -0.2) is 4.90 Å². The summed E-state index contributed by atoms with van der Waals surface area (Å²) in [5.41, 5.74) is 5.77. The minimum atomic E-state index is -0.438. The summed E-state index contributed by atoms with van der Waals surface area (Å²) in [5.74, 6) is 0.0568. The van der Waals surface area contributed by atoms with Gasteiger partial charge in [-0.1, -0.05) is 0 Å². The summed E-state index contributed by atoms with van der Waals surface area (Å²) in [4.78, 5) is 39.1. The summed E-state index contributed by atoms with van der Waals surface area (Å²) < 4.78 is 10.5. The Hall–Kier alpha value is -2.61. The monoisotopic (exact) mass is 362 g/mol. The number of carbonyl (C=O) groups excluding carboxylic acids is 3. The molecule has 1 aromatic carbocycles. The van der Waals surface area contributed by atoms with E-state index >= 15 is 0 Å². The number of nitrogens with zero attached hydrogens (tertiary/aromatic N) is 1. The number of hydrogen-bond donors (Lipinski definition) is 2. The molecule has 2 aliphatic heterocycles. The average Bonchev–Trinajstić information content (AvgIpc) is 2.95. The van der Waals surface area contributed by atoms with Crippen molar-refractivity contribution in [2.45, 2.75) is 25.3 Å². The maximum absolute atomic E-state index is 13.0. The molecule has 2 fully saturated rings. The van der Waals surface area contributed by atoms with Gasteiger partial charge < -0.3 is 20.1 Å². The first-order chi connectivity index (χ1) is 12.5. The Morgan fingerprint density at radius 2 is 1.88 bits per heavy atom. The quantitative estimate of drug-likeness (QED) is 0.662. The molecular formula is C18H24N3O5+. The molecule has 0 saturated carbocycles. The molecule has 0 bridgehead atoms. The van der Waals surface area contributed by atoms with Gasteiger partial charge in [0.05, 0.1) is 39.4 Å². The van der Waals surface area contributed by atoms with Gasteiger partial charge in [-0.3, -0.25) is 14.4 Å². The highest BCUT2D eigenvalue weighted by atomic mass is 16.5. The molecule has 1 aromatic rings. The van der Waals surface area contributed by atoms with Gasteiger partial charge in [0.15, 0.2) is 6.04 Å². The van der Waals surface area contributed by atoms with Crippen molar-refractivity contribution >= 4 is 23.4 Å². The number of likely N-dealkylation sites (tertiary alicyclic amines) is 1. The SMILES string of the molecule is COc1ccc(OC)c(N2C(=O)C[C@H]([NH+]3CCC(C(N)=O)CC3)C2=O)c1. The topological polar surface area (TPSA) is 103 Å². The van der Waals surface area contributed by atoms with Crippen molar-refractivity contribution in [2.75, 3.05) is 32.2 Å². The molecule has 2 heterocycles. The number of imide groups is 1. The van der Waals surface area contributed by atoms with E-state index in [0.29, 0.717) is 43.1 Å². The number of methoxy groups -OCH3 is 2. The molecule has 26 heavy (non-hydrogen) atoms. The van der Waals surface area contributed by atoms with E-state index in [9.17, 15) is 14.4 Å². The van der Waals surface area contributed by atoms with Crippen molar-refractivity contribution < 1.29 is 28.8 Å². The molecule has 8 heteroatoms. The Balaban J connectivity index is 1.81. The molecule has 0 spiro atoms. The fourth-order valence-corrected chi connectivity index (χ4v) is 3.80. The first-order valence-electron chi connectivity index (χ1n) is 8.69. The second-order valence-corrected chi connectivity index (χ2v) is 6.70. The number of benzene rings is 1. The smallest absolute Gasteiger partial charge is 0.292 e. The van der Waals surface area contributed by atoms with E-state index in [2.05, 4.69) is 0 Å². The number of anilines is 1. The van der Waals surface area contributed by atoms with Crippen LogP contribution in [0.25, 0.3) is 0 Å². The third kappa shape index (κ3) is 3.24. The standard InChI is InChI=1S/C18H23N3O5/c1-25-12-3-4-15(26-2)13(9-12)21-16(22)10-14(18(21)24)20-7-5-11(6-8-20)17(19)23/h3-4,9,11,14H,5-8,10H2,1-2H3,(H2,19,23)/p+1/t14-/m0/s1. The second-order valence-electron chi connectivity index (χ2n) is 6.70. The molecule has 3 rings (SSSR count). The van der Waals surface area contributed by atoms with Crippen molar-refractivity contribution in [3.05, 3.63) is 18.2 Å². The molecule has 2 aliphatic rings. The van der Waals surface area contributed by atoms with Crippen LogP contribution in [0.4, 0.5) is 5.69 Å². The zero-order chi connectivity index (χ0) is 18.8. The lowest BCUT2D eigenvalue weighted by Crippen LogP contribution is -3.17. The van der Waals surface area contributed by atoms with Crippen molar-refractivity contribution in [3.8, 4) is 11.5 Å². The van der Waals surface area contributed by atoms with Crippen molar-refractivity contribution in [1.29, 1.82) is 0 Å². The molecule has 140 valence electrons. The maximum atomic E-state index is 13.0. The predicted octanol–water partition coefficient (Wildman–Crippen LogP) is -0.884. The maximum Gasteiger partial charge on any atom is 0.292 e. The number of ether oxygens (including phenoxy) is 2. The summed E-state index contributed by atoms with van der Waals surface area (Å²) in [7, 11) is 3.02. The van der Waals surface area contributed by atoms with Gasteiger partial charge in [-0.15, -0.1) is 0 Å². The lowest BCUT2D eigenvalue weighted by molar-refractivity contribution is -0.920. The predicted molar refractivity (Wildman–Crippen MR) is 93.1 cm³/mol. The number of nitrogens with one attached hydrogen (secondary N) is 1. The zero-order valence-corrected chi connectivity index (χ0v) is 15.0. The zero-order valence-electron chi connectivity index (χ0n) is 15.0. The Morgan fingerprint density at radius 1 is 1.19 bits per heavy atom. The summed E-state index contributed by atoms with van der Waals surface area (Å²) in [5, 5.41) is 0. The normalized spacial score (nSPS) is 26.1. The van der Waals surface area contributed by atoms with Crippen LogP contribution < -0.4 is 25.0 Å². The molecule has 3 N–H and O–H groups in total. The van der Waals surface area contributed by atoms with Crippen LogP contribution >= 0.6 is 0 Å². The van der Waals surface area contributed by atoms with Gasteiger partial charge in [0.25, 0.3) is 5.91 Å². The fourth-order valence-electron chi connectivity index (χ4n) is 3.80. The number of quaternary nitrogens is 1. The van der Waals surface area contributed by atoms with Gasteiger partial charge in [0, 0.05) is 24.8 Å². The first-order valence-corrected chi connectivity index (χ1v) is 8.69. The fraction of sp³-hybridized carbons (Fsp3) is 0.500. The van der Waals surface area contributed by atoms with E-state index in [1.807, 2.05) is 0 Å². The van der Waals surface area contributed by atoms with Crippen molar-refractivity contribution in [1.82, 2.24) is 0 Å². The molecule has 8 nitrogen and oxygen atoms in total. The van der Waals surface area contributed by atoms with Crippen molar-refractivity contribution in [2.24, 2.45) is 11.7 Å². The summed E-state index contributed by atoms with van der Waals surface area (Å²) >= 11 is 0. The number of carbonyl (C=O) groups is 3. The summed E-state index contributed by atoms with van der Waals surface area (Å²) in [6.45, 7) is 1.31. The third-order valence-corrected chi connectivity index (χ3v) is 5.30. The van der Waals surface area contributed by atoms with E-state index in [1.165, 1.54) is 19.1 Å². The number of nitrogens with two attached hydrogens (primary N) is 1. The number of primary amides is 1. The van der Waals surface area contributed by atoms with Crippen LogP contribution in [0.15, 0.2) is 18.2 Å². The van der Waals surface area contributed by atoms with E-state index in [1.54, 1.807) is 18.2 Å². The molecule has 0 aliphatic carbocycles. The first kappa shape index (κ1) is 18.2. The highest BCUT2D eigenvalue weighted by molar-refractivity contribution is 6.22. The van der Waals surface area contributed by atoms with Crippen LogP contribution in [0.5, 0.6) is 11.5 Å². The van der Waals surface area contributed by atoms with Gasteiger partial charge in [0.2, 0.25) is 11.8 Å². The Kier molecular flexibility index (Phi) is 5.13. The van der Waals surface area contributed by atoms with Crippen LogP contribution in [-0.4, -0.2) is 51.1 Å². The van der Waals surface area contributed by atoms with Crippen LogP contribution in [0.1, 0.15) is 19.3 Å². The van der Waals surface area contributed by atoms with Crippen LogP contribution in [0, 0.1) is 5.92 Å². The van der Waals surface area contributed by atoms with E-state index in [-0.39, 0.29) is 30.1 Å². The largest absolute Gasteiger partial charge is 0.497 e. The Morgan fingerprint density at radius 3 is 2.46 bits per heavy atom. The highest BCUT2D eigenvalue weighted by Gasteiger charge is 2.47. The number of amides is 3. The molecule has 1 atom stereocenters. The number of hydrogen-bond acceptors (Lipinski definition) is 5. The van der Waals surface area contributed by atoms with E-state index in [0.717, 1.165) is 4.90 Å². The Labute approximate surface area is 151 Å². The highest BCUT2D eigenvalue weighted by Crippen LogP contribution is 2.35. The molecule has 0 radical (unpaired) electrons. The van der Waals surface area contributed by atoms with Crippen LogP contribution in [0.2, 0.25) is 0 Å². The number of rotatable bonds is 5. The molecular weight excluding hydrogens is 338 g/mol. The third-order valence-electron chi connectivity index (χ3n) is 5.30. The van der Waals surface area contributed by atoms with Gasteiger partial charge in [0.1, 0.15) is 11.5 Å². The molecule has 3 amide bonds. The lowest BCUT2D eigenvalue weighted by atomic mass is 9.95. The van der Waals surface area contributed by atoms with Gasteiger partial charge in [-0.05, 0) is 12.1 Å². The Bertz CT molecular complexity index is 728. The van der Waals surface area contributed by atoms with Crippen LogP contribution in [0.3, 0.4) is 0 Å². The molecule has 2 saturated heterocycles. The number of piperidine rings is 1. The molecule has 0 unspecified atom stereocenters. The van der Waals surface area contributed by atoms with Crippen molar-refractivity contribution in [3.63, 3.8) is 0 Å². The average molecular weight is 362 g/mol. The van der Waals surface area contributed by atoms with Gasteiger partial charge >= 0.3 is 0 Å². The van der Waals surface area contributed by atoms with E-state index in [4.69, 9.17) is 15.2 Å². The summed E-state index contributed by atoms with van der Waals surface area (Å²) in [6, 6.07) is 4.58. The van der Waals surface area contributed by atoms with E-state index < -0.39 is 6.04 Å². The lowest BCUT2D eigenvalue weighted by Gasteiger charge is -2.30. The minimum absolute atomic E-state index is 0.138. The molecule has 0 aromatic heterocycles. The van der Waals surface area contributed by atoms with Gasteiger partial charge in [-0.2, -0.15) is 0 Å². The minimum Gasteiger partial charge on any atom is -0.497 e. The summed E-state index contributed by atoms with van der Waals surface area (Å²) in [6.07, 6.45) is 1.44. The van der Waals surface area contributed by atoms with Crippen LogP contribution in [-0.2, 0) is 14.4 Å².